The normalized spacial score (nSPS) is 13.6. The summed E-state index contributed by atoms with van der Waals surface area (Å²) in [6.07, 6.45) is -2.41. The Morgan fingerprint density at radius 3 is 1.18 bits per heavy atom. The van der Waals surface area contributed by atoms with E-state index in [0.717, 1.165) is 0 Å². The molecule has 0 radical (unpaired) electrons. The smallest absolute Gasteiger partial charge is 0.408 e. The molecule has 18 heteroatoms. The highest BCUT2D eigenvalue weighted by molar-refractivity contribution is 5.96. The molecular weight excluding hydrogens is 875 g/mol. The van der Waals surface area contributed by atoms with Crippen molar-refractivity contribution in [1.82, 2.24) is 37.2 Å². The second-order valence-corrected chi connectivity index (χ2v) is 16.9. The summed E-state index contributed by atoms with van der Waals surface area (Å²) in [7, 11) is 1.17. The number of benzene rings is 4. The van der Waals surface area contributed by atoms with Crippen LogP contribution in [0.25, 0.3) is 0 Å². The van der Waals surface area contributed by atoms with Crippen LogP contribution in [-0.2, 0) is 68.7 Å². The first-order chi connectivity index (χ1) is 32.4. The number of ether oxygens (including phenoxy) is 2. The van der Waals surface area contributed by atoms with Gasteiger partial charge in [-0.25, -0.2) is 4.79 Å². The third-order valence-corrected chi connectivity index (χ3v) is 10.2. The monoisotopic (exact) mass is 935 g/mol. The molecule has 0 aliphatic rings. The number of amides is 7. The number of hydrogen-bond acceptors (Lipinski definition) is 11. The zero-order chi connectivity index (χ0) is 49.6. The SMILES string of the molecule is COC(=O)CNC(=O)[C@H](Cc1ccccc1)NC(=O)[C@H](Cc1ccccc1)NC(=O)CNC(=O)[C@H](Cc1ccccc1)NC(=O)[C@H](Cc1ccccc1)NC(=O)[C@@H](NC(=O)OC(C)(C)C)[C@@H](C)O. The van der Waals surface area contributed by atoms with Gasteiger partial charge in [-0.2, -0.15) is 0 Å². The maximum Gasteiger partial charge on any atom is 0.408 e. The summed E-state index contributed by atoms with van der Waals surface area (Å²) in [5.74, 6) is -5.31. The third-order valence-electron chi connectivity index (χ3n) is 10.2. The molecule has 4 aromatic carbocycles. The maximum absolute atomic E-state index is 14.2. The zero-order valence-electron chi connectivity index (χ0n) is 38.8. The quantitative estimate of drug-likeness (QED) is 0.0496. The zero-order valence-corrected chi connectivity index (χ0v) is 38.8. The number of aliphatic hydroxyl groups is 1. The van der Waals surface area contributed by atoms with Gasteiger partial charge in [0.05, 0.1) is 19.8 Å². The second-order valence-electron chi connectivity index (χ2n) is 16.9. The van der Waals surface area contributed by atoms with Gasteiger partial charge in [0.15, 0.2) is 0 Å². The lowest BCUT2D eigenvalue weighted by Crippen LogP contribution is -2.60. The van der Waals surface area contributed by atoms with Crippen molar-refractivity contribution in [3.8, 4) is 0 Å². The van der Waals surface area contributed by atoms with Gasteiger partial charge in [-0.15, -0.1) is 0 Å². The van der Waals surface area contributed by atoms with Gasteiger partial charge in [0.2, 0.25) is 35.4 Å². The minimum atomic E-state index is -1.52. The predicted molar refractivity (Wildman–Crippen MR) is 251 cm³/mol. The van der Waals surface area contributed by atoms with Gasteiger partial charge in [0.1, 0.15) is 42.4 Å². The van der Waals surface area contributed by atoms with E-state index in [1.54, 1.807) is 142 Å². The van der Waals surface area contributed by atoms with E-state index in [1.807, 2.05) is 0 Å². The number of esters is 1. The Morgan fingerprint density at radius 2 is 0.824 bits per heavy atom. The molecule has 18 nitrogen and oxygen atoms in total. The van der Waals surface area contributed by atoms with Crippen molar-refractivity contribution >= 4 is 47.5 Å². The van der Waals surface area contributed by atoms with E-state index in [-0.39, 0.29) is 25.7 Å². The first-order valence-electron chi connectivity index (χ1n) is 22.1. The average molecular weight is 936 g/mol. The van der Waals surface area contributed by atoms with Crippen molar-refractivity contribution in [2.75, 3.05) is 20.2 Å². The molecule has 0 saturated carbocycles. The van der Waals surface area contributed by atoms with Crippen LogP contribution in [0.15, 0.2) is 121 Å². The first-order valence-corrected chi connectivity index (χ1v) is 22.1. The fourth-order valence-electron chi connectivity index (χ4n) is 6.77. The molecule has 0 fully saturated rings. The lowest BCUT2D eigenvalue weighted by atomic mass is 10.0. The van der Waals surface area contributed by atoms with E-state index in [1.165, 1.54) is 14.0 Å². The molecule has 7 amide bonds. The molecule has 0 saturated heterocycles. The Morgan fingerprint density at radius 1 is 0.485 bits per heavy atom. The van der Waals surface area contributed by atoms with Crippen molar-refractivity contribution in [3.63, 3.8) is 0 Å². The number of nitrogens with one attached hydrogen (secondary N) is 7. The second kappa shape index (κ2) is 26.5. The molecule has 68 heavy (non-hydrogen) atoms. The number of carbonyl (C=O) groups is 8. The van der Waals surface area contributed by atoms with Gasteiger partial charge >= 0.3 is 12.1 Å². The standard InChI is InChI=1S/C50H61N7O11/c1-32(58)43(57-49(66)68-50(2,3)4)48(65)56-40(29-36-24-16-9-17-25-36)47(64)55-37(26-33-18-10-6-11-19-33)44(61)51-30-41(59)53-39(28-35-22-14-8-15-23-35)46(63)54-38(27-34-20-12-7-13-21-34)45(62)52-31-42(60)67-5/h6-25,32,37-40,43,58H,26-31H2,1-5H3,(H,51,61)(H,52,62)(H,53,59)(H,54,63)(H,55,64)(H,56,65)(H,57,66)/t32-,37+,38+,39+,40+,43+/m1/s1. The van der Waals surface area contributed by atoms with Crippen LogP contribution in [0.2, 0.25) is 0 Å². The van der Waals surface area contributed by atoms with Crippen LogP contribution < -0.4 is 37.2 Å². The Kier molecular flexibility index (Phi) is 20.7. The maximum atomic E-state index is 14.2. The number of alkyl carbamates (subject to hydrolysis) is 1. The largest absolute Gasteiger partial charge is 0.468 e. The molecule has 4 aromatic rings. The van der Waals surface area contributed by atoms with Crippen molar-refractivity contribution in [1.29, 1.82) is 0 Å². The van der Waals surface area contributed by atoms with E-state index in [9.17, 15) is 43.5 Å². The highest BCUT2D eigenvalue weighted by Gasteiger charge is 2.34. The Labute approximate surface area is 395 Å². The van der Waals surface area contributed by atoms with Gasteiger partial charge in [-0.05, 0) is 49.9 Å². The molecule has 0 aliphatic heterocycles. The Hall–Kier alpha value is -7.60. The van der Waals surface area contributed by atoms with Crippen LogP contribution in [0.4, 0.5) is 4.79 Å². The van der Waals surface area contributed by atoms with Crippen LogP contribution in [0.3, 0.4) is 0 Å². The van der Waals surface area contributed by atoms with Crippen molar-refractivity contribution in [2.24, 2.45) is 0 Å². The molecule has 0 unspecified atom stereocenters. The van der Waals surface area contributed by atoms with Crippen molar-refractivity contribution in [3.05, 3.63) is 144 Å². The highest BCUT2D eigenvalue weighted by Crippen LogP contribution is 2.11. The van der Waals surface area contributed by atoms with Gasteiger partial charge in [-0.1, -0.05) is 121 Å². The van der Waals surface area contributed by atoms with Crippen LogP contribution in [-0.4, -0.2) is 115 Å². The van der Waals surface area contributed by atoms with Gasteiger partial charge in [0, 0.05) is 25.7 Å². The predicted octanol–water partition coefficient (Wildman–Crippen LogP) is 1.58. The van der Waals surface area contributed by atoms with Crippen molar-refractivity contribution in [2.45, 2.75) is 95.3 Å². The van der Waals surface area contributed by atoms with Crippen LogP contribution in [0.5, 0.6) is 0 Å². The summed E-state index contributed by atoms with van der Waals surface area (Å²) in [5, 5.41) is 28.6. The van der Waals surface area contributed by atoms with Gasteiger partial charge < -0.3 is 51.8 Å². The molecular formula is C50H61N7O11. The minimum Gasteiger partial charge on any atom is -0.468 e. The Bertz CT molecular complexity index is 2290. The molecule has 8 N–H and O–H groups in total. The number of rotatable bonds is 23. The first kappa shape index (κ1) is 53.0. The van der Waals surface area contributed by atoms with E-state index in [0.29, 0.717) is 22.3 Å². The molecule has 0 aliphatic carbocycles. The molecule has 4 rings (SSSR count). The third kappa shape index (κ3) is 18.7. The lowest BCUT2D eigenvalue weighted by molar-refractivity contribution is -0.141. The fourth-order valence-corrected chi connectivity index (χ4v) is 6.77. The molecule has 6 atom stereocenters. The topological polar surface area (TPSA) is 259 Å². The molecule has 362 valence electrons. The van der Waals surface area contributed by atoms with E-state index in [4.69, 9.17) is 4.74 Å². The van der Waals surface area contributed by atoms with Gasteiger partial charge in [-0.3, -0.25) is 33.6 Å². The van der Waals surface area contributed by atoms with Crippen LogP contribution in [0.1, 0.15) is 49.9 Å². The Balaban J connectivity index is 1.54. The molecule has 0 heterocycles. The summed E-state index contributed by atoms with van der Waals surface area (Å²) >= 11 is 0. The minimum absolute atomic E-state index is 0.00137. The van der Waals surface area contributed by atoms with E-state index in [2.05, 4.69) is 42.0 Å². The summed E-state index contributed by atoms with van der Waals surface area (Å²) in [6.45, 7) is 5.10. The lowest BCUT2D eigenvalue weighted by Gasteiger charge is -2.27. The number of aliphatic hydroxyl groups excluding tert-OH is 1. The highest BCUT2D eigenvalue weighted by atomic mass is 16.6. The van der Waals surface area contributed by atoms with Gasteiger partial charge in [0.25, 0.3) is 0 Å². The average Bonchev–Trinajstić information content (AvgIpc) is 3.31. The summed E-state index contributed by atoms with van der Waals surface area (Å²) in [5.41, 5.74) is 1.77. The molecule has 0 spiro atoms. The number of methoxy groups -OCH3 is 1. The van der Waals surface area contributed by atoms with Crippen molar-refractivity contribution < 1.29 is 52.9 Å². The summed E-state index contributed by atoms with van der Waals surface area (Å²) in [6, 6.07) is 28.6. The molecule has 0 bridgehead atoms. The summed E-state index contributed by atoms with van der Waals surface area (Å²) < 4.78 is 9.91. The van der Waals surface area contributed by atoms with Crippen LogP contribution in [0, 0.1) is 0 Å². The van der Waals surface area contributed by atoms with E-state index < -0.39 is 103 Å². The number of hydrogen-bond donors (Lipinski definition) is 8. The fraction of sp³-hybridized carbons (Fsp3) is 0.360. The molecule has 0 aromatic heterocycles. The van der Waals surface area contributed by atoms with Crippen LogP contribution >= 0.6 is 0 Å². The number of carbonyl (C=O) groups excluding carboxylic acids is 8. The van der Waals surface area contributed by atoms with E-state index >= 15 is 0 Å². The summed E-state index contributed by atoms with van der Waals surface area (Å²) in [4.78, 5) is 107.